The molecule has 6 nitrogen and oxygen atoms in total. The van der Waals surface area contributed by atoms with Gasteiger partial charge < -0.3 is 5.11 Å². The maximum absolute atomic E-state index is 12.5. The maximum atomic E-state index is 12.5. The quantitative estimate of drug-likeness (QED) is 0.806. The van der Waals surface area contributed by atoms with Gasteiger partial charge in [-0.1, -0.05) is 18.2 Å². The molecule has 0 amide bonds. The van der Waals surface area contributed by atoms with Gasteiger partial charge >= 0.3 is 5.97 Å². The second-order valence-electron chi connectivity index (χ2n) is 5.58. The van der Waals surface area contributed by atoms with Crippen LogP contribution in [0.5, 0.6) is 0 Å². The van der Waals surface area contributed by atoms with E-state index in [0.29, 0.717) is 5.65 Å². The molecule has 2 aromatic heterocycles. The summed E-state index contributed by atoms with van der Waals surface area (Å²) in [4.78, 5) is 23.9. The minimum Gasteiger partial charge on any atom is -0.480 e. The van der Waals surface area contributed by atoms with E-state index in [1.165, 1.54) is 17.6 Å². The topological polar surface area (TPSA) is 77.1 Å². The lowest BCUT2D eigenvalue weighted by Crippen LogP contribution is -2.29. The summed E-state index contributed by atoms with van der Waals surface area (Å²) in [6, 6.07) is 9.85. The van der Waals surface area contributed by atoms with Crippen LogP contribution < -0.4 is 5.56 Å². The van der Waals surface area contributed by atoms with Crippen LogP contribution in [0.4, 0.5) is 0 Å². The summed E-state index contributed by atoms with van der Waals surface area (Å²) in [6.45, 7) is 5.19. The molecule has 0 aliphatic rings. The zero-order chi connectivity index (χ0) is 16.7. The number of hydrogen-bond donors (Lipinski definition) is 1. The number of rotatable bonds is 3. The molecule has 0 fully saturated rings. The largest absolute Gasteiger partial charge is 0.480 e. The molecule has 0 bridgehead atoms. The van der Waals surface area contributed by atoms with Gasteiger partial charge in [0.15, 0.2) is 0 Å². The van der Waals surface area contributed by atoms with Crippen molar-refractivity contribution in [2.45, 2.75) is 26.8 Å². The fourth-order valence-corrected chi connectivity index (χ4v) is 2.86. The first-order chi connectivity index (χ1) is 10.9. The van der Waals surface area contributed by atoms with Crippen LogP contribution in [0.1, 0.15) is 24.2 Å². The van der Waals surface area contributed by atoms with Gasteiger partial charge in [-0.15, -0.1) is 0 Å². The van der Waals surface area contributed by atoms with Gasteiger partial charge in [0.25, 0.3) is 5.56 Å². The lowest BCUT2D eigenvalue weighted by molar-refractivity contribution is -0.140. The van der Waals surface area contributed by atoms with Gasteiger partial charge in [-0.25, -0.2) is 9.48 Å². The Morgan fingerprint density at radius 1 is 1.22 bits per heavy atom. The third-order valence-electron chi connectivity index (χ3n) is 3.98. The molecule has 0 saturated heterocycles. The van der Waals surface area contributed by atoms with Crippen molar-refractivity contribution in [2.24, 2.45) is 0 Å². The summed E-state index contributed by atoms with van der Waals surface area (Å²) in [5, 5.41) is 14.7. The number of carbonyl (C=O) groups is 1. The highest BCUT2D eigenvalue weighted by Gasteiger charge is 2.23. The van der Waals surface area contributed by atoms with E-state index in [2.05, 4.69) is 5.10 Å². The van der Waals surface area contributed by atoms with Crippen molar-refractivity contribution in [3.05, 3.63) is 58.0 Å². The van der Waals surface area contributed by atoms with Crippen LogP contribution in [0, 0.1) is 13.8 Å². The molecule has 118 valence electrons. The lowest BCUT2D eigenvalue weighted by Gasteiger charge is -2.15. The summed E-state index contributed by atoms with van der Waals surface area (Å²) in [5.41, 5.74) is 2.49. The van der Waals surface area contributed by atoms with Crippen LogP contribution in [0.2, 0.25) is 0 Å². The van der Waals surface area contributed by atoms with E-state index in [-0.39, 0.29) is 5.56 Å². The molecule has 0 radical (unpaired) electrons. The Bertz CT molecular complexity index is 955. The van der Waals surface area contributed by atoms with Crippen LogP contribution in [0.3, 0.4) is 0 Å². The third-order valence-corrected chi connectivity index (χ3v) is 3.98. The predicted octanol–water partition coefficient (Wildman–Crippen LogP) is 2.45. The Balaban J connectivity index is 2.48. The van der Waals surface area contributed by atoms with E-state index in [1.807, 2.05) is 44.2 Å². The SMILES string of the molecule is Cc1cc(=O)n([C@H](C)C(=O)O)c2c1c(C)nn2-c1ccccc1. The summed E-state index contributed by atoms with van der Waals surface area (Å²) < 4.78 is 2.93. The van der Waals surface area contributed by atoms with Crippen molar-refractivity contribution in [3.63, 3.8) is 0 Å². The molecule has 6 heteroatoms. The molecule has 1 aromatic carbocycles. The Morgan fingerprint density at radius 2 is 1.87 bits per heavy atom. The fourth-order valence-electron chi connectivity index (χ4n) is 2.86. The average molecular weight is 311 g/mol. The van der Waals surface area contributed by atoms with Crippen LogP contribution >= 0.6 is 0 Å². The first-order valence-corrected chi connectivity index (χ1v) is 7.31. The predicted molar refractivity (Wildman–Crippen MR) is 87.2 cm³/mol. The molecule has 1 atom stereocenters. The van der Waals surface area contributed by atoms with Crippen molar-refractivity contribution in [1.29, 1.82) is 0 Å². The highest BCUT2D eigenvalue weighted by atomic mass is 16.4. The van der Waals surface area contributed by atoms with Crippen molar-refractivity contribution in [1.82, 2.24) is 14.3 Å². The number of aryl methyl sites for hydroxylation is 2. The average Bonchev–Trinajstić information content (AvgIpc) is 2.85. The highest BCUT2D eigenvalue weighted by Crippen LogP contribution is 2.25. The van der Waals surface area contributed by atoms with E-state index in [1.54, 1.807) is 4.68 Å². The normalized spacial score (nSPS) is 12.5. The van der Waals surface area contributed by atoms with Gasteiger partial charge in [0, 0.05) is 11.5 Å². The lowest BCUT2D eigenvalue weighted by atomic mass is 10.1. The van der Waals surface area contributed by atoms with E-state index in [4.69, 9.17) is 0 Å². The van der Waals surface area contributed by atoms with E-state index in [0.717, 1.165) is 22.3 Å². The molecule has 23 heavy (non-hydrogen) atoms. The van der Waals surface area contributed by atoms with Crippen molar-refractivity contribution < 1.29 is 9.90 Å². The van der Waals surface area contributed by atoms with E-state index < -0.39 is 12.0 Å². The summed E-state index contributed by atoms with van der Waals surface area (Å²) in [6.07, 6.45) is 0. The summed E-state index contributed by atoms with van der Waals surface area (Å²) in [7, 11) is 0. The van der Waals surface area contributed by atoms with Crippen molar-refractivity contribution >= 4 is 17.0 Å². The molecular weight excluding hydrogens is 294 g/mol. The Kier molecular flexibility index (Phi) is 3.52. The number of aromatic nitrogens is 3. The monoisotopic (exact) mass is 311 g/mol. The number of benzene rings is 1. The van der Waals surface area contributed by atoms with Gasteiger partial charge in [-0.3, -0.25) is 9.36 Å². The second-order valence-corrected chi connectivity index (χ2v) is 5.58. The Morgan fingerprint density at radius 3 is 2.48 bits per heavy atom. The molecule has 3 rings (SSSR count). The number of carboxylic acid groups (broad SMARTS) is 1. The number of para-hydroxylation sites is 1. The van der Waals surface area contributed by atoms with Gasteiger partial charge in [0.1, 0.15) is 11.7 Å². The smallest absolute Gasteiger partial charge is 0.326 e. The minimum absolute atomic E-state index is 0.345. The molecule has 0 unspecified atom stereocenters. The van der Waals surface area contributed by atoms with Gasteiger partial charge in [0.05, 0.1) is 11.4 Å². The van der Waals surface area contributed by atoms with Crippen molar-refractivity contribution in [3.8, 4) is 5.69 Å². The minimum atomic E-state index is -1.06. The molecule has 0 aliphatic heterocycles. The second kappa shape index (κ2) is 5.39. The molecule has 0 aliphatic carbocycles. The first kappa shape index (κ1) is 15.0. The molecule has 0 saturated carbocycles. The van der Waals surface area contributed by atoms with Crippen LogP contribution in [0.25, 0.3) is 16.7 Å². The highest BCUT2D eigenvalue weighted by molar-refractivity contribution is 5.85. The number of nitrogens with zero attached hydrogens (tertiary/aromatic N) is 3. The van der Waals surface area contributed by atoms with Gasteiger partial charge in [0.2, 0.25) is 0 Å². The van der Waals surface area contributed by atoms with Crippen LogP contribution in [0.15, 0.2) is 41.2 Å². The fraction of sp³-hybridized carbons (Fsp3) is 0.235. The molecule has 1 N–H and O–H groups in total. The zero-order valence-corrected chi connectivity index (χ0v) is 13.1. The number of pyridine rings is 1. The van der Waals surface area contributed by atoms with E-state index >= 15 is 0 Å². The summed E-state index contributed by atoms with van der Waals surface area (Å²) in [5.74, 6) is -1.06. The molecular formula is C17H17N3O3. The first-order valence-electron chi connectivity index (χ1n) is 7.31. The van der Waals surface area contributed by atoms with E-state index in [9.17, 15) is 14.7 Å². The van der Waals surface area contributed by atoms with Gasteiger partial charge in [-0.2, -0.15) is 5.10 Å². The van der Waals surface area contributed by atoms with Crippen molar-refractivity contribution in [2.75, 3.05) is 0 Å². The number of aliphatic carboxylic acids is 1. The van der Waals surface area contributed by atoms with Gasteiger partial charge in [-0.05, 0) is 38.5 Å². The summed E-state index contributed by atoms with van der Waals surface area (Å²) >= 11 is 0. The number of fused-ring (bicyclic) bond motifs is 1. The maximum Gasteiger partial charge on any atom is 0.326 e. The number of carboxylic acids is 1. The van der Waals surface area contributed by atoms with Crippen LogP contribution in [-0.2, 0) is 4.79 Å². The third kappa shape index (κ3) is 2.32. The molecule has 2 heterocycles. The van der Waals surface area contributed by atoms with Crippen LogP contribution in [-0.4, -0.2) is 25.4 Å². The standard InChI is InChI=1S/C17H17N3O3/c1-10-9-14(21)19(12(3)17(22)23)16-15(10)11(2)18-20(16)13-7-5-4-6-8-13/h4-9,12H,1-3H3,(H,22,23)/t12-/m1/s1. The zero-order valence-electron chi connectivity index (χ0n) is 13.1. The number of hydrogen-bond acceptors (Lipinski definition) is 3. The Hall–Kier alpha value is -2.89. The Labute approximate surface area is 132 Å². The molecule has 0 spiro atoms. The molecule has 3 aromatic rings.